The highest BCUT2D eigenvalue weighted by molar-refractivity contribution is 8.00. The fourth-order valence-electron chi connectivity index (χ4n) is 2.09. The van der Waals surface area contributed by atoms with Crippen LogP contribution in [0.3, 0.4) is 0 Å². The van der Waals surface area contributed by atoms with Crippen molar-refractivity contribution in [1.82, 2.24) is 18.7 Å². The minimum absolute atomic E-state index is 0.139. The Morgan fingerprint density at radius 2 is 2.24 bits per heavy atom. The van der Waals surface area contributed by atoms with E-state index in [0.29, 0.717) is 0 Å². The van der Waals surface area contributed by atoms with Crippen LogP contribution in [-0.2, 0) is 6.42 Å². The van der Waals surface area contributed by atoms with E-state index in [1.165, 1.54) is 11.5 Å². The first-order chi connectivity index (χ1) is 10.2. The second-order valence-corrected chi connectivity index (χ2v) is 6.86. The van der Waals surface area contributed by atoms with E-state index in [0.717, 1.165) is 39.4 Å². The summed E-state index contributed by atoms with van der Waals surface area (Å²) >= 11 is 2.98. The number of aromatic nitrogens is 4. The van der Waals surface area contributed by atoms with Crippen LogP contribution in [0.15, 0.2) is 33.8 Å². The molecule has 5 nitrogen and oxygen atoms in total. The zero-order valence-electron chi connectivity index (χ0n) is 12.0. The molecule has 0 aliphatic carbocycles. The molecule has 0 radical (unpaired) electrons. The van der Waals surface area contributed by atoms with Gasteiger partial charge in [-0.1, -0.05) is 13.0 Å². The van der Waals surface area contributed by atoms with Crippen LogP contribution in [0.5, 0.6) is 0 Å². The van der Waals surface area contributed by atoms with Crippen molar-refractivity contribution in [2.45, 2.75) is 42.1 Å². The van der Waals surface area contributed by atoms with Crippen LogP contribution >= 0.6 is 23.3 Å². The van der Waals surface area contributed by atoms with Gasteiger partial charge in [0.2, 0.25) is 0 Å². The maximum Gasteiger partial charge on any atom is 0.176 e. The zero-order chi connectivity index (χ0) is 14.8. The Labute approximate surface area is 131 Å². The molecule has 3 aromatic heterocycles. The van der Waals surface area contributed by atoms with Crippen molar-refractivity contribution in [3.05, 3.63) is 35.9 Å². The standard InChI is InChI=1S/C14H17N5S2/c1-3-10(15)8-11-13(20-14-16-9(2)18-21-14)17-12-6-4-5-7-19(11)12/h4-7,10H,3,8,15H2,1-2H3. The summed E-state index contributed by atoms with van der Waals surface area (Å²) in [5, 5.41) is 0.973. The summed E-state index contributed by atoms with van der Waals surface area (Å²) in [6.45, 7) is 4.01. The maximum absolute atomic E-state index is 6.15. The summed E-state index contributed by atoms with van der Waals surface area (Å²) < 4.78 is 7.26. The fourth-order valence-corrected chi connectivity index (χ4v) is 3.79. The van der Waals surface area contributed by atoms with Crippen LogP contribution in [0, 0.1) is 6.92 Å². The second-order valence-electron chi connectivity index (χ2n) is 4.87. The van der Waals surface area contributed by atoms with Gasteiger partial charge in [-0.15, -0.1) is 0 Å². The lowest BCUT2D eigenvalue weighted by atomic mass is 10.1. The summed E-state index contributed by atoms with van der Waals surface area (Å²) in [6, 6.07) is 6.16. The van der Waals surface area contributed by atoms with E-state index >= 15 is 0 Å². The summed E-state index contributed by atoms with van der Waals surface area (Å²) in [4.78, 5) is 9.12. The largest absolute Gasteiger partial charge is 0.327 e. The highest BCUT2D eigenvalue weighted by Crippen LogP contribution is 2.32. The highest BCUT2D eigenvalue weighted by atomic mass is 32.2. The molecular formula is C14H17N5S2. The Morgan fingerprint density at radius 3 is 2.95 bits per heavy atom. The molecule has 0 saturated heterocycles. The molecule has 2 N–H and O–H groups in total. The van der Waals surface area contributed by atoms with Crippen LogP contribution in [-0.4, -0.2) is 24.8 Å². The van der Waals surface area contributed by atoms with Crippen LogP contribution < -0.4 is 5.73 Å². The minimum atomic E-state index is 0.139. The van der Waals surface area contributed by atoms with Gasteiger partial charge in [0.1, 0.15) is 16.5 Å². The van der Waals surface area contributed by atoms with Crippen LogP contribution in [0.2, 0.25) is 0 Å². The Hall–Kier alpha value is -1.44. The number of hydrogen-bond donors (Lipinski definition) is 1. The van der Waals surface area contributed by atoms with Gasteiger partial charge in [-0.2, -0.15) is 4.37 Å². The Bertz CT molecular complexity index is 749. The number of nitrogens with zero attached hydrogens (tertiary/aromatic N) is 4. The van der Waals surface area contributed by atoms with Crippen molar-refractivity contribution in [2.75, 3.05) is 0 Å². The predicted molar refractivity (Wildman–Crippen MR) is 85.9 cm³/mol. The van der Waals surface area contributed by atoms with E-state index in [1.807, 2.05) is 31.3 Å². The van der Waals surface area contributed by atoms with Crippen molar-refractivity contribution >= 4 is 28.9 Å². The van der Waals surface area contributed by atoms with Crippen molar-refractivity contribution in [3.63, 3.8) is 0 Å². The van der Waals surface area contributed by atoms with E-state index in [-0.39, 0.29) is 6.04 Å². The summed E-state index contributed by atoms with van der Waals surface area (Å²) in [6.07, 6.45) is 3.79. The molecule has 7 heteroatoms. The molecule has 1 atom stereocenters. The molecule has 21 heavy (non-hydrogen) atoms. The van der Waals surface area contributed by atoms with Gasteiger partial charge in [-0.05, 0) is 48.8 Å². The van der Waals surface area contributed by atoms with Gasteiger partial charge in [-0.25, -0.2) is 9.97 Å². The number of hydrogen-bond acceptors (Lipinski definition) is 6. The van der Waals surface area contributed by atoms with Gasteiger partial charge in [-0.3, -0.25) is 0 Å². The molecule has 3 aromatic rings. The van der Waals surface area contributed by atoms with Crippen molar-refractivity contribution in [2.24, 2.45) is 5.73 Å². The SMILES string of the molecule is CCC(N)Cc1c(Sc2nc(C)ns2)nc2ccccn12. The number of fused-ring (bicyclic) bond motifs is 1. The predicted octanol–water partition coefficient (Wildman–Crippen LogP) is 2.93. The third-order valence-electron chi connectivity index (χ3n) is 3.26. The topological polar surface area (TPSA) is 69.1 Å². The summed E-state index contributed by atoms with van der Waals surface area (Å²) in [7, 11) is 0. The summed E-state index contributed by atoms with van der Waals surface area (Å²) in [5.41, 5.74) is 8.24. The molecular weight excluding hydrogens is 302 g/mol. The first-order valence-corrected chi connectivity index (χ1v) is 8.46. The fraction of sp³-hybridized carbons (Fsp3) is 0.357. The van der Waals surface area contributed by atoms with Crippen LogP contribution in [0.4, 0.5) is 0 Å². The lowest BCUT2D eigenvalue weighted by Crippen LogP contribution is -2.22. The molecule has 3 rings (SSSR count). The third-order valence-corrected chi connectivity index (χ3v) is 5.13. The second kappa shape index (κ2) is 6.13. The Morgan fingerprint density at radius 1 is 1.38 bits per heavy atom. The average Bonchev–Trinajstić information content (AvgIpc) is 3.04. The zero-order valence-corrected chi connectivity index (χ0v) is 13.6. The number of nitrogens with two attached hydrogens (primary N) is 1. The monoisotopic (exact) mass is 319 g/mol. The van der Waals surface area contributed by atoms with Gasteiger partial charge in [0.15, 0.2) is 4.34 Å². The molecule has 0 amide bonds. The van der Waals surface area contributed by atoms with Gasteiger partial charge in [0.25, 0.3) is 0 Å². The third kappa shape index (κ3) is 3.09. The molecule has 1 unspecified atom stereocenters. The lowest BCUT2D eigenvalue weighted by Gasteiger charge is -2.09. The highest BCUT2D eigenvalue weighted by Gasteiger charge is 2.17. The van der Waals surface area contributed by atoms with E-state index in [2.05, 4.69) is 20.7 Å². The van der Waals surface area contributed by atoms with Gasteiger partial charge < -0.3 is 10.1 Å². The van der Waals surface area contributed by atoms with E-state index < -0.39 is 0 Å². The van der Waals surface area contributed by atoms with Crippen LogP contribution in [0.25, 0.3) is 5.65 Å². The van der Waals surface area contributed by atoms with Crippen molar-refractivity contribution in [1.29, 1.82) is 0 Å². The Kier molecular flexibility index (Phi) is 4.23. The Balaban J connectivity index is 2.01. The van der Waals surface area contributed by atoms with E-state index in [1.54, 1.807) is 11.8 Å². The van der Waals surface area contributed by atoms with Crippen molar-refractivity contribution in [3.8, 4) is 0 Å². The first kappa shape index (κ1) is 14.5. The van der Waals surface area contributed by atoms with Crippen LogP contribution in [0.1, 0.15) is 24.9 Å². The molecule has 0 aliphatic heterocycles. The van der Waals surface area contributed by atoms with Gasteiger partial charge in [0, 0.05) is 18.7 Å². The molecule has 0 saturated carbocycles. The molecule has 0 aliphatic rings. The number of imidazole rings is 1. The van der Waals surface area contributed by atoms with E-state index in [9.17, 15) is 0 Å². The smallest absolute Gasteiger partial charge is 0.176 e. The molecule has 0 aromatic carbocycles. The number of aryl methyl sites for hydroxylation is 1. The lowest BCUT2D eigenvalue weighted by molar-refractivity contribution is 0.627. The molecule has 0 fully saturated rings. The average molecular weight is 319 g/mol. The van der Waals surface area contributed by atoms with Crippen molar-refractivity contribution < 1.29 is 0 Å². The van der Waals surface area contributed by atoms with Gasteiger partial charge >= 0.3 is 0 Å². The summed E-state index contributed by atoms with van der Waals surface area (Å²) in [5.74, 6) is 0.804. The molecule has 110 valence electrons. The van der Waals surface area contributed by atoms with E-state index in [4.69, 9.17) is 10.7 Å². The quantitative estimate of drug-likeness (QED) is 0.783. The first-order valence-electron chi connectivity index (χ1n) is 6.87. The molecule has 3 heterocycles. The normalized spacial score (nSPS) is 12.9. The number of pyridine rings is 1. The molecule has 0 spiro atoms. The maximum atomic E-state index is 6.15. The molecule has 0 bridgehead atoms. The van der Waals surface area contributed by atoms with Gasteiger partial charge in [0.05, 0.1) is 5.69 Å². The number of rotatable bonds is 5. The minimum Gasteiger partial charge on any atom is -0.327 e.